The van der Waals surface area contributed by atoms with Crippen molar-refractivity contribution in [3.05, 3.63) is 137 Å². The summed E-state index contributed by atoms with van der Waals surface area (Å²) in [5.74, 6) is 2.07. The van der Waals surface area contributed by atoms with Crippen molar-refractivity contribution in [2.45, 2.75) is 43.1 Å². The molecule has 2 heterocycles. The maximum Gasteiger partial charge on any atom is 0.178 e. The fourth-order valence-electron chi connectivity index (χ4n) is 8.58. The van der Waals surface area contributed by atoms with Gasteiger partial charge < -0.3 is 14.4 Å². The molecule has 0 bridgehead atoms. The van der Waals surface area contributed by atoms with Gasteiger partial charge in [0, 0.05) is 41.0 Å². The van der Waals surface area contributed by atoms with E-state index in [4.69, 9.17) is 9.47 Å². The average Bonchev–Trinajstić information content (AvgIpc) is 3.12. The molecule has 5 aromatic rings. The molecule has 0 amide bonds. The molecule has 2 aliphatic heterocycles. The molecule has 218 valence electrons. The molecule has 1 saturated carbocycles. The number of morpholine rings is 1. The Labute approximate surface area is 259 Å². The van der Waals surface area contributed by atoms with Crippen LogP contribution in [0.15, 0.2) is 109 Å². The average molecular weight is 576 g/mol. The van der Waals surface area contributed by atoms with Crippen molar-refractivity contribution in [1.29, 1.82) is 0 Å². The van der Waals surface area contributed by atoms with Gasteiger partial charge in [0.25, 0.3) is 0 Å². The van der Waals surface area contributed by atoms with E-state index in [1.807, 2.05) is 0 Å². The maximum atomic E-state index is 7.63. The summed E-state index contributed by atoms with van der Waals surface area (Å²) in [7, 11) is 0. The predicted octanol–water partition coefficient (Wildman–Crippen LogP) is 9.45. The Hall–Kier alpha value is -4.34. The molecular weight excluding hydrogens is 538 g/mol. The normalized spacial score (nSPS) is 23.7. The lowest BCUT2D eigenvalue weighted by atomic mass is 9.64. The molecular formula is C41H37NO2. The smallest absolute Gasteiger partial charge is 0.178 e. The molecule has 3 nitrogen and oxygen atoms in total. The number of benzene rings is 5. The minimum absolute atomic E-state index is 0.454. The van der Waals surface area contributed by atoms with Crippen LogP contribution >= 0.6 is 0 Å². The van der Waals surface area contributed by atoms with Gasteiger partial charge in [0.2, 0.25) is 0 Å². The highest BCUT2D eigenvalue weighted by atomic mass is 16.5. The zero-order chi connectivity index (χ0) is 29.1. The van der Waals surface area contributed by atoms with E-state index in [-0.39, 0.29) is 0 Å². The molecule has 2 aliphatic carbocycles. The van der Waals surface area contributed by atoms with Gasteiger partial charge in [-0.25, -0.2) is 0 Å². The van der Waals surface area contributed by atoms with Crippen LogP contribution in [0.1, 0.15) is 65.3 Å². The van der Waals surface area contributed by atoms with Crippen LogP contribution in [0.3, 0.4) is 0 Å². The standard InChI is InChI=1S/C41H37NO2/c1-2-10-28(11-3-1)41(29-18-20-30(21-19-29)42-24-26-43-27-25-42)23-22-37-33-14-6-8-16-35(33)38-34-15-7-4-12-31(34)32-13-5-9-17-36(32)39(38)40(37)44-41/h1-4,6-8,10-12,14-16,18-23,32,36H,5,9,13,17,24-27H2. The summed E-state index contributed by atoms with van der Waals surface area (Å²) in [6.07, 6.45) is 9.69. The molecule has 0 radical (unpaired) electrons. The first kappa shape index (κ1) is 26.1. The van der Waals surface area contributed by atoms with Crippen molar-refractivity contribution in [2.24, 2.45) is 0 Å². The number of hydrogen-bond donors (Lipinski definition) is 0. The minimum Gasteiger partial charge on any atom is -0.473 e. The number of ether oxygens (including phenoxy) is 2. The molecule has 3 atom stereocenters. The zero-order valence-electron chi connectivity index (χ0n) is 25.0. The highest BCUT2D eigenvalue weighted by Crippen LogP contribution is 2.60. The van der Waals surface area contributed by atoms with Crippen LogP contribution in [0.2, 0.25) is 0 Å². The summed E-state index contributed by atoms with van der Waals surface area (Å²) in [6.45, 7) is 3.41. The van der Waals surface area contributed by atoms with Crippen molar-refractivity contribution in [3.63, 3.8) is 0 Å². The minimum atomic E-state index is -0.727. The van der Waals surface area contributed by atoms with Crippen molar-refractivity contribution < 1.29 is 9.47 Å². The van der Waals surface area contributed by atoms with Gasteiger partial charge in [0.05, 0.1) is 13.2 Å². The third-order valence-corrected chi connectivity index (χ3v) is 10.6. The Bertz CT molecular complexity index is 1890. The van der Waals surface area contributed by atoms with Crippen LogP contribution in [0.25, 0.3) is 28.0 Å². The third-order valence-electron chi connectivity index (χ3n) is 10.6. The van der Waals surface area contributed by atoms with Crippen LogP contribution in [-0.4, -0.2) is 26.3 Å². The van der Waals surface area contributed by atoms with Gasteiger partial charge in [-0.1, -0.05) is 104 Å². The number of fused-ring (bicyclic) bond motifs is 11. The Morgan fingerprint density at radius 3 is 2.16 bits per heavy atom. The number of anilines is 1. The van der Waals surface area contributed by atoms with E-state index in [2.05, 4.69) is 120 Å². The highest BCUT2D eigenvalue weighted by molar-refractivity contribution is 6.07. The summed E-state index contributed by atoms with van der Waals surface area (Å²) in [4.78, 5) is 2.42. The van der Waals surface area contributed by atoms with Gasteiger partial charge >= 0.3 is 0 Å². The van der Waals surface area contributed by atoms with Crippen molar-refractivity contribution in [3.8, 4) is 16.9 Å². The van der Waals surface area contributed by atoms with E-state index in [0.717, 1.165) is 43.2 Å². The SMILES string of the molecule is C1=CC(c2ccccc2)(c2ccc(N3CCOCC3)cc2)Oc2c3c(c4ccccc4c21)-c1ccccc1C1CCCCC31. The number of rotatable bonds is 3. The lowest BCUT2D eigenvalue weighted by molar-refractivity contribution is 0.122. The molecule has 0 aromatic heterocycles. The first-order chi connectivity index (χ1) is 21.8. The molecule has 4 aliphatic rings. The molecule has 44 heavy (non-hydrogen) atoms. The second kappa shape index (κ2) is 10.4. The van der Waals surface area contributed by atoms with E-state index in [1.54, 1.807) is 0 Å². The Kier molecular flexibility index (Phi) is 6.16. The number of nitrogens with zero attached hydrogens (tertiary/aromatic N) is 1. The van der Waals surface area contributed by atoms with Crippen molar-refractivity contribution >= 4 is 22.5 Å². The second-order valence-electron chi connectivity index (χ2n) is 12.8. The second-order valence-corrected chi connectivity index (χ2v) is 12.8. The summed E-state index contributed by atoms with van der Waals surface area (Å²) in [6, 6.07) is 38.1. The monoisotopic (exact) mass is 575 g/mol. The molecule has 2 fully saturated rings. The third kappa shape index (κ3) is 3.92. The van der Waals surface area contributed by atoms with Gasteiger partial charge in [0.1, 0.15) is 5.75 Å². The predicted molar refractivity (Wildman–Crippen MR) is 180 cm³/mol. The van der Waals surface area contributed by atoms with Gasteiger partial charge in [-0.3, -0.25) is 0 Å². The summed E-state index contributed by atoms with van der Waals surface area (Å²) in [5, 5.41) is 2.61. The molecule has 5 aromatic carbocycles. The first-order valence-corrected chi connectivity index (χ1v) is 16.4. The van der Waals surface area contributed by atoms with Crippen LogP contribution in [0.5, 0.6) is 5.75 Å². The van der Waals surface area contributed by atoms with Crippen LogP contribution in [0.4, 0.5) is 5.69 Å². The molecule has 3 unspecified atom stereocenters. The summed E-state index contributed by atoms with van der Waals surface area (Å²) < 4.78 is 13.2. The molecule has 3 heteroatoms. The van der Waals surface area contributed by atoms with E-state index < -0.39 is 5.60 Å². The van der Waals surface area contributed by atoms with Gasteiger partial charge in [-0.05, 0) is 76.4 Å². The van der Waals surface area contributed by atoms with E-state index >= 15 is 0 Å². The van der Waals surface area contributed by atoms with E-state index in [0.29, 0.717) is 11.8 Å². The fraction of sp³-hybridized carbons (Fsp3) is 0.268. The largest absolute Gasteiger partial charge is 0.473 e. The zero-order valence-corrected chi connectivity index (χ0v) is 25.0. The molecule has 0 spiro atoms. The fourth-order valence-corrected chi connectivity index (χ4v) is 8.58. The summed E-state index contributed by atoms with van der Waals surface area (Å²) >= 11 is 0. The Morgan fingerprint density at radius 1 is 0.659 bits per heavy atom. The number of hydrogen-bond acceptors (Lipinski definition) is 3. The van der Waals surface area contributed by atoms with E-state index in [9.17, 15) is 0 Å². The molecule has 0 N–H and O–H groups in total. The lowest BCUT2D eigenvalue weighted by Crippen LogP contribution is -2.37. The van der Waals surface area contributed by atoms with Gasteiger partial charge in [-0.2, -0.15) is 0 Å². The maximum absolute atomic E-state index is 7.63. The van der Waals surface area contributed by atoms with Gasteiger partial charge in [0.15, 0.2) is 5.60 Å². The first-order valence-electron chi connectivity index (χ1n) is 16.4. The van der Waals surface area contributed by atoms with Crippen LogP contribution in [0, 0.1) is 0 Å². The highest BCUT2D eigenvalue weighted by Gasteiger charge is 2.44. The quantitative estimate of drug-likeness (QED) is 0.214. The van der Waals surface area contributed by atoms with Gasteiger partial charge in [-0.15, -0.1) is 0 Å². The topological polar surface area (TPSA) is 21.7 Å². The Morgan fingerprint density at radius 2 is 1.34 bits per heavy atom. The van der Waals surface area contributed by atoms with E-state index in [1.165, 1.54) is 70.0 Å². The van der Waals surface area contributed by atoms with Crippen molar-refractivity contribution in [2.75, 3.05) is 31.2 Å². The van der Waals surface area contributed by atoms with Crippen LogP contribution < -0.4 is 9.64 Å². The lowest BCUT2D eigenvalue weighted by Gasteiger charge is -2.44. The Balaban J connectivity index is 1.28. The molecule has 9 rings (SSSR count). The summed E-state index contributed by atoms with van der Waals surface area (Å²) in [5.41, 5.74) is 9.77. The van der Waals surface area contributed by atoms with Crippen LogP contribution in [-0.2, 0) is 10.3 Å². The van der Waals surface area contributed by atoms with Crippen molar-refractivity contribution in [1.82, 2.24) is 0 Å². The molecule has 1 saturated heterocycles.